The van der Waals surface area contributed by atoms with Gasteiger partial charge in [-0.05, 0) is 18.6 Å². The molecule has 0 spiro atoms. The Morgan fingerprint density at radius 1 is 1.41 bits per heavy atom. The topological polar surface area (TPSA) is 52.6 Å². The Hall–Kier alpha value is -1.16. The van der Waals surface area contributed by atoms with E-state index in [4.69, 9.17) is 9.47 Å². The van der Waals surface area contributed by atoms with Gasteiger partial charge in [0.1, 0.15) is 6.10 Å². The van der Waals surface area contributed by atoms with Crippen molar-refractivity contribution in [1.82, 2.24) is 0 Å². The highest BCUT2D eigenvalue weighted by atomic mass is 16.7. The maximum Gasteiger partial charge on any atom is 0.305 e. The van der Waals surface area contributed by atoms with Gasteiger partial charge in [-0.25, -0.2) is 0 Å². The third-order valence-electron chi connectivity index (χ3n) is 2.64. The summed E-state index contributed by atoms with van der Waals surface area (Å²) in [6.45, 7) is 3.46. The van der Waals surface area contributed by atoms with Crippen molar-refractivity contribution in [2.75, 3.05) is 0 Å². The number of carbonyl (C=O) groups is 2. The highest BCUT2D eigenvalue weighted by Crippen LogP contribution is 2.17. The molecule has 0 aliphatic carbocycles. The first kappa shape index (κ1) is 13.9. The molecule has 1 rings (SSSR count). The summed E-state index contributed by atoms with van der Waals surface area (Å²) in [5.74, 6) is -0.441. The molecular formula is C13H20O4. The van der Waals surface area contributed by atoms with E-state index in [1.807, 2.05) is 0 Å². The lowest BCUT2D eigenvalue weighted by Crippen LogP contribution is -2.33. The number of esters is 1. The number of ketones is 1. The molecule has 0 amide bonds. The highest BCUT2D eigenvalue weighted by Gasteiger charge is 2.26. The van der Waals surface area contributed by atoms with E-state index in [9.17, 15) is 9.59 Å². The zero-order valence-corrected chi connectivity index (χ0v) is 10.5. The summed E-state index contributed by atoms with van der Waals surface area (Å²) in [5.41, 5.74) is 0. The smallest absolute Gasteiger partial charge is 0.305 e. The Bertz CT molecular complexity index is 296. The van der Waals surface area contributed by atoms with E-state index in [0.717, 1.165) is 19.3 Å². The Morgan fingerprint density at radius 2 is 2.18 bits per heavy atom. The van der Waals surface area contributed by atoms with E-state index in [1.165, 1.54) is 25.5 Å². The molecule has 0 radical (unpaired) electrons. The first-order valence-corrected chi connectivity index (χ1v) is 6.18. The third kappa shape index (κ3) is 5.13. The zero-order chi connectivity index (χ0) is 12.7. The molecule has 4 nitrogen and oxygen atoms in total. The summed E-state index contributed by atoms with van der Waals surface area (Å²) in [6, 6.07) is 0. The maximum absolute atomic E-state index is 11.5. The monoisotopic (exact) mass is 240 g/mol. The lowest BCUT2D eigenvalue weighted by molar-refractivity contribution is -0.180. The van der Waals surface area contributed by atoms with E-state index in [1.54, 1.807) is 0 Å². The molecule has 0 aromatic carbocycles. The minimum absolute atomic E-state index is 0.0371. The van der Waals surface area contributed by atoms with Gasteiger partial charge in [0.05, 0.1) is 0 Å². The van der Waals surface area contributed by atoms with Crippen LogP contribution in [0.3, 0.4) is 0 Å². The van der Waals surface area contributed by atoms with Crippen LogP contribution in [0.25, 0.3) is 0 Å². The predicted molar refractivity (Wildman–Crippen MR) is 63.3 cm³/mol. The fourth-order valence-electron chi connectivity index (χ4n) is 1.75. The van der Waals surface area contributed by atoms with Crippen LogP contribution in [0.4, 0.5) is 0 Å². The van der Waals surface area contributed by atoms with Crippen LogP contribution in [0.1, 0.15) is 46.0 Å². The van der Waals surface area contributed by atoms with Crippen molar-refractivity contribution in [3.05, 3.63) is 12.2 Å². The lowest BCUT2D eigenvalue weighted by Gasteiger charge is -2.24. The molecule has 0 N–H and O–H groups in total. The molecule has 4 heteroatoms. The molecule has 0 saturated carbocycles. The van der Waals surface area contributed by atoms with E-state index >= 15 is 0 Å². The maximum atomic E-state index is 11.5. The van der Waals surface area contributed by atoms with Gasteiger partial charge < -0.3 is 9.47 Å². The Balaban J connectivity index is 2.36. The van der Waals surface area contributed by atoms with Crippen molar-refractivity contribution >= 4 is 11.8 Å². The fraction of sp³-hybridized carbons (Fsp3) is 0.692. The predicted octanol–water partition coefficient (Wildman–Crippen LogP) is 2.37. The molecule has 1 aliphatic rings. The summed E-state index contributed by atoms with van der Waals surface area (Å²) in [6.07, 6.45) is 6.85. The van der Waals surface area contributed by atoms with E-state index in [2.05, 4.69) is 6.92 Å². The molecule has 2 atom stereocenters. The molecule has 96 valence electrons. The molecule has 2 unspecified atom stereocenters. The summed E-state index contributed by atoms with van der Waals surface area (Å²) in [7, 11) is 0. The molecule has 0 saturated heterocycles. The van der Waals surface area contributed by atoms with Crippen LogP contribution < -0.4 is 0 Å². The molecule has 1 heterocycles. The van der Waals surface area contributed by atoms with Crippen LogP contribution in [-0.2, 0) is 19.1 Å². The fourth-order valence-corrected chi connectivity index (χ4v) is 1.75. The van der Waals surface area contributed by atoms with E-state index in [0.29, 0.717) is 6.42 Å². The molecule has 0 aromatic heterocycles. The van der Waals surface area contributed by atoms with Crippen LogP contribution in [0.15, 0.2) is 12.2 Å². The highest BCUT2D eigenvalue weighted by molar-refractivity contribution is 5.94. The second kappa shape index (κ2) is 7.22. The Labute approximate surface area is 102 Å². The molecule has 0 bridgehead atoms. The molecule has 0 aromatic rings. The van der Waals surface area contributed by atoms with Crippen molar-refractivity contribution in [1.29, 1.82) is 0 Å². The average Bonchev–Trinajstić information content (AvgIpc) is 2.28. The standard InChI is InChI=1S/C13H20O4/c1-3-4-5-6-7-12-11(15)8-9-13(17-12)16-10(2)14/h8-9,12-13H,3-7H2,1-2H3. The zero-order valence-electron chi connectivity index (χ0n) is 10.5. The second-order valence-electron chi connectivity index (χ2n) is 4.21. The van der Waals surface area contributed by atoms with Gasteiger partial charge >= 0.3 is 5.97 Å². The summed E-state index contributed by atoms with van der Waals surface area (Å²) < 4.78 is 10.3. The van der Waals surface area contributed by atoms with Crippen molar-refractivity contribution in [3.8, 4) is 0 Å². The summed E-state index contributed by atoms with van der Waals surface area (Å²) in [5, 5.41) is 0. The number of hydrogen-bond donors (Lipinski definition) is 0. The van der Waals surface area contributed by atoms with Crippen LogP contribution in [-0.4, -0.2) is 24.1 Å². The normalized spacial score (nSPS) is 23.8. The number of hydrogen-bond acceptors (Lipinski definition) is 4. The summed E-state index contributed by atoms with van der Waals surface area (Å²) >= 11 is 0. The van der Waals surface area contributed by atoms with Gasteiger partial charge in [-0.2, -0.15) is 0 Å². The van der Waals surface area contributed by atoms with Crippen molar-refractivity contribution in [3.63, 3.8) is 0 Å². The van der Waals surface area contributed by atoms with Crippen LogP contribution >= 0.6 is 0 Å². The van der Waals surface area contributed by atoms with Gasteiger partial charge in [-0.15, -0.1) is 0 Å². The average molecular weight is 240 g/mol. The first-order valence-electron chi connectivity index (χ1n) is 6.18. The summed E-state index contributed by atoms with van der Waals surface area (Å²) in [4.78, 5) is 22.3. The number of carbonyl (C=O) groups excluding carboxylic acids is 2. The largest absolute Gasteiger partial charge is 0.432 e. The minimum Gasteiger partial charge on any atom is -0.432 e. The van der Waals surface area contributed by atoms with E-state index in [-0.39, 0.29) is 5.78 Å². The van der Waals surface area contributed by atoms with Gasteiger partial charge in [0, 0.05) is 6.92 Å². The van der Waals surface area contributed by atoms with Gasteiger partial charge in [0.25, 0.3) is 0 Å². The molecule has 1 aliphatic heterocycles. The first-order chi connectivity index (χ1) is 8.13. The van der Waals surface area contributed by atoms with Crippen molar-refractivity contribution in [2.45, 2.75) is 58.3 Å². The number of unbranched alkanes of at least 4 members (excludes halogenated alkanes) is 3. The van der Waals surface area contributed by atoms with Gasteiger partial charge in [-0.3, -0.25) is 9.59 Å². The number of ether oxygens (including phenoxy) is 2. The lowest BCUT2D eigenvalue weighted by atomic mass is 10.0. The van der Waals surface area contributed by atoms with Gasteiger partial charge in [0.2, 0.25) is 6.29 Å². The van der Waals surface area contributed by atoms with Crippen LogP contribution in [0.5, 0.6) is 0 Å². The Morgan fingerprint density at radius 3 is 2.82 bits per heavy atom. The molecule has 0 fully saturated rings. The van der Waals surface area contributed by atoms with Crippen LogP contribution in [0.2, 0.25) is 0 Å². The van der Waals surface area contributed by atoms with E-state index < -0.39 is 18.4 Å². The molecular weight excluding hydrogens is 220 g/mol. The van der Waals surface area contributed by atoms with Crippen LogP contribution in [0, 0.1) is 0 Å². The van der Waals surface area contributed by atoms with Crippen molar-refractivity contribution in [2.24, 2.45) is 0 Å². The quantitative estimate of drug-likeness (QED) is 0.528. The van der Waals surface area contributed by atoms with Gasteiger partial charge in [0.15, 0.2) is 5.78 Å². The third-order valence-corrected chi connectivity index (χ3v) is 2.64. The molecule has 17 heavy (non-hydrogen) atoms. The number of rotatable bonds is 6. The minimum atomic E-state index is -0.707. The second-order valence-corrected chi connectivity index (χ2v) is 4.21. The van der Waals surface area contributed by atoms with Crippen molar-refractivity contribution < 1.29 is 19.1 Å². The SMILES string of the molecule is CCCCCCC1OC(OC(C)=O)C=CC1=O. The van der Waals surface area contributed by atoms with Gasteiger partial charge in [-0.1, -0.05) is 32.6 Å². The Kier molecular flexibility index (Phi) is 5.91.